The Labute approximate surface area is 126 Å². The molecule has 0 N–H and O–H groups in total. The maximum Gasteiger partial charge on any atom is 0.132 e. The Bertz CT molecular complexity index is 230. The molecule has 0 saturated heterocycles. The molecule has 0 heterocycles. The summed E-state index contributed by atoms with van der Waals surface area (Å²) < 4.78 is 0. The number of carbonyl (C=O) groups excluding carboxylic acids is 1. The minimum absolute atomic E-state index is 0.507. The maximum absolute atomic E-state index is 11.7. The van der Waals surface area contributed by atoms with Crippen molar-refractivity contribution in [1.29, 1.82) is 0 Å². The van der Waals surface area contributed by atoms with Crippen LogP contribution >= 0.6 is 0 Å². The standard InChI is InChI=1S/C19H34O/c20-19-17-15-13-11-9-7-5-3-1-2-4-6-8-10-12-14-16-18-19/h1-2H,3-18H2/b2-1-. The van der Waals surface area contributed by atoms with Gasteiger partial charge in [0.05, 0.1) is 0 Å². The summed E-state index contributed by atoms with van der Waals surface area (Å²) in [6.07, 6.45) is 24.4. The predicted octanol–water partition coefficient (Wildman–Crippen LogP) is 6.37. The molecule has 1 rings (SSSR count). The number of ketones is 1. The summed E-state index contributed by atoms with van der Waals surface area (Å²) in [5, 5.41) is 0. The second kappa shape index (κ2) is 13.4. The summed E-state index contributed by atoms with van der Waals surface area (Å²) in [5.74, 6) is 0.507. The summed E-state index contributed by atoms with van der Waals surface area (Å²) >= 11 is 0. The average Bonchev–Trinajstić information content (AvgIpc) is 2.45. The Morgan fingerprint density at radius 1 is 0.500 bits per heavy atom. The van der Waals surface area contributed by atoms with Crippen LogP contribution in [-0.4, -0.2) is 5.78 Å². The van der Waals surface area contributed by atoms with Gasteiger partial charge in [0.15, 0.2) is 0 Å². The van der Waals surface area contributed by atoms with Crippen LogP contribution in [0.5, 0.6) is 0 Å². The molecular formula is C19H34O. The maximum atomic E-state index is 11.7. The smallest absolute Gasteiger partial charge is 0.132 e. The molecule has 1 nitrogen and oxygen atoms in total. The van der Waals surface area contributed by atoms with Gasteiger partial charge in [-0.3, -0.25) is 4.79 Å². The zero-order valence-electron chi connectivity index (χ0n) is 13.4. The van der Waals surface area contributed by atoms with E-state index in [0.717, 1.165) is 25.7 Å². The third-order valence-electron chi connectivity index (χ3n) is 4.32. The number of carbonyl (C=O) groups is 1. The first kappa shape index (κ1) is 17.5. The van der Waals surface area contributed by atoms with E-state index in [1.165, 1.54) is 77.0 Å². The van der Waals surface area contributed by atoms with Gasteiger partial charge in [0.1, 0.15) is 5.78 Å². The van der Waals surface area contributed by atoms with Crippen molar-refractivity contribution < 1.29 is 4.79 Å². The highest BCUT2D eigenvalue weighted by Gasteiger charge is 2.02. The highest BCUT2D eigenvalue weighted by atomic mass is 16.1. The SMILES string of the molecule is O=C1CCCCCCCC/C=C\CCCCCCCC1. The zero-order chi connectivity index (χ0) is 14.3. The van der Waals surface area contributed by atoms with Crippen LogP contribution in [0.15, 0.2) is 12.2 Å². The lowest BCUT2D eigenvalue weighted by Gasteiger charge is -2.02. The van der Waals surface area contributed by atoms with Gasteiger partial charge in [-0.25, -0.2) is 0 Å². The molecule has 20 heavy (non-hydrogen) atoms. The fraction of sp³-hybridized carbons (Fsp3) is 0.842. The van der Waals surface area contributed by atoms with Gasteiger partial charge in [0, 0.05) is 12.8 Å². The highest BCUT2D eigenvalue weighted by molar-refractivity contribution is 5.78. The van der Waals surface area contributed by atoms with E-state index < -0.39 is 0 Å². The third-order valence-corrected chi connectivity index (χ3v) is 4.32. The van der Waals surface area contributed by atoms with Crippen LogP contribution in [0.2, 0.25) is 0 Å². The van der Waals surface area contributed by atoms with Gasteiger partial charge in [0.25, 0.3) is 0 Å². The molecule has 0 bridgehead atoms. The molecular weight excluding hydrogens is 244 g/mol. The highest BCUT2D eigenvalue weighted by Crippen LogP contribution is 2.13. The van der Waals surface area contributed by atoms with Gasteiger partial charge >= 0.3 is 0 Å². The molecule has 0 aliphatic heterocycles. The summed E-state index contributed by atoms with van der Waals surface area (Å²) in [4.78, 5) is 11.7. The first-order valence-electron chi connectivity index (χ1n) is 9.06. The number of hydrogen-bond acceptors (Lipinski definition) is 1. The van der Waals surface area contributed by atoms with Crippen molar-refractivity contribution in [1.82, 2.24) is 0 Å². The van der Waals surface area contributed by atoms with E-state index in [-0.39, 0.29) is 0 Å². The molecule has 0 aromatic heterocycles. The summed E-state index contributed by atoms with van der Waals surface area (Å²) in [6, 6.07) is 0. The van der Waals surface area contributed by atoms with Gasteiger partial charge in [0.2, 0.25) is 0 Å². The van der Waals surface area contributed by atoms with E-state index >= 15 is 0 Å². The van der Waals surface area contributed by atoms with E-state index in [1.807, 2.05) is 0 Å². The Kier molecular flexibility index (Phi) is 11.7. The lowest BCUT2D eigenvalue weighted by molar-refractivity contribution is -0.119. The number of Topliss-reactive ketones (excluding diaryl/α,β-unsaturated/α-hetero) is 1. The Balaban J connectivity index is 2.15. The largest absolute Gasteiger partial charge is 0.300 e. The number of rotatable bonds is 0. The Hall–Kier alpha value is -0.590. The number of hydrogen-bond donors (Lipinski definition) is 0. The van der Waals surface area contributed by atoms with Crippen LogP contribution in [0.4, 0.5) is 0 Å². The van der Waals surface area contributed by atoms with Crippen molar-refractivity contribution in [2.75, 3.05) is 0 Å². The lowest BCUT2D eigenvalue weighted by Crippen LogP contribution is -1.97. The van der Waals surface area contributed by atoms with E-state index in [9.17, 15) is 4.79 Å². The molecule has 116 valence electrons. The van der Waals surface area contributed by atoms with Crippen molar-refractivity contribution in [3.05, 3.63) is 12.2 Å². The van der Waals surface area contributed by atoms with Gasteiger partial charge < -0.3 is 0 Å². The Morgan fingerprint density at radius 3 is 1.30 bits per heavy atom. The molecule has 0 unspecified atom stereocenters. The molecule has 0 aromatic rings. The van der Waals surface area contributed by atoms with Crippen molar-refractivity contribution in [3.63, 3.8) is 0 Å². The fourth-order valence-corrected chi connectivity index (χ4v) is 2.94. The molecule has 0 saturated carbocycles. The van der Waals surface area contributed by atoms with Crippen LogP contribution in [0.1, 0.15) is 103 Å². The van der Waals surface area contributed by atoms with Crippen molar-refractivity contribution in [2.24, 2.45) is 0 Å². The molecule has 0 atom stereocenters. The zero-order valence-corrected chi connectivity index (χ0v) is 13.4. The first-order valence-corrected chi connectivity index (χ1v) is 9.06. The molecule has 1 heteroatoms. The van der Waals surface area contributed by atoms with Crippen LogP contribution in [0, 0.1) is 0 Å². The van der Waals surface area contributed by atoms with Crippen molar-refractivity contribution >= 4 is 5.78 Å². The van der Waals surface area contributed by atoms with Gasteiger partial charge in [-0.1, -0.05) is 63.5 Å². The molecule has 0 amide bonds. The number of allylic oxidation sites excluding steroid dienone is 2. The average molecular weight is 278 g/mol. The fourth-order valence-electron chi connectivity index (χ4n) is 2.94. The topological polar surface area (TPSA) is 17.1 Å². The Morgan fingerprint density at radius 2 is 0.850 bits per heavy atom. The van der Waals surface area contributed by atoms with Crippen LogP contribution in [0.3, 0.4) is 0 Å². The summed E-state index contributed by atoms with van der Waals surface area (Å²) in [5.41, 5.74) is 0. The first-order chi connectivity index (χ1) is 9.89. The van der Waals surface area contributed by atoms with Gasteiger partial charge in [-0.05, 0) is 38.5 Å². The summed E-state index contributed by atoms with van der Waals surface area (Å²) in [6.45, 7) is 0. The second-order valence-electron chi connectivity index (χ2n) is 6.33. The normalized spacial score (nSPS) is 24.3. The minimum Gasteiger partial charge on any atom is -0.300 e. The lowest BCUT2D eigenvalue weighted by atomic mass is 10.0. The van der Waals surface area contributed by atoms with Crippen molar-refractivity contribution in [3.8, 4) is 0 Å². The third kappa shape index (κ3) is 11.3. The quantitative estimate of drug-likeness (QED) is 0.471. The van der Waals surface area contributed by atoms with Gasteiger partial charge in [-0.15, -0.1) is 0 Å². The molecule has 0 spiro atoms. The van der Waals surface area contributed by atoms with Gasteiger partial charge in [-0.2, -0.15) is 0 Å². The minimum atomic E-state index is 0.507. The van der Waals surface area contributed by atoms with Crippen LogP contribution in [0.25, 0.3) is 0 Å². The monoisotopic (exact) mass is 278 g/mol. The van der Waals surface area contributed by atoms with E-state index in [0.29, 0.717) is 5.78 Å². The molecule has 0 radical (unpaired) electrons. The second-order valence-corrected chi connectivity index (χ2v) is 6.33. The molecule has 1 aliphatic rings. The van der Waals surface area contributed by atoms with E-state index in [2.05, 4.69) is 12.2 Å². The predicted molar refractivity (Wildman–Crippen MR) is 88.0 cm³/mol. The van der Waals surface area contributed by atoms with Crippen LogP contribution < -0.4 is 0 Å². The van der Waals surface area contributed by atoms with Crippen LogP contribution in [-0.2, 0) is 4.79 Å². The van der Waals surface area contributed by atoms with Crippen molar-refractivity contribution in [2.45, 2.75) is 103 Å². The van der Waals surface area contributed by atoms with E-state index in [1.54, 1.807) is 0 Å². The molecule has 1 aliphatic carbocycles. The molecule has 0 aromatic carbocycles. The summed E-state index contributed by atoms with van der Waals surface area (Å²) in [7, 11) is 0. The molecule has 0 fully saturated rings. The van der Waals surface area contributed by atoms with E-state index in [4.69, 9.17) is 0 Å².